The lowest BCUT2D eigenvalue weighted by Crippen LogP contribution is -2.41. The molecule has 0 aromatic rings. The standard InChI is InChI=1S/C10H22N2O/c1-5-7-12(6-2)10(13)8(3)9(4)11/h8-9H,5-7,11H2,1-4H3. The number of amides is 1. The molecular formula is C10H22N2O. The lowest BCUT2D eigenvalue weighted by atomic mass is 10.0. The zero-order chi connectivity index (χ0) is 10.4. The SMILES string of the molecule is CCCN(CC)C(=O)C(C)C(C)N. The monoisotopic (exact) mass is 186 g/mol. The van der Waals surface area contributed by atoms with Crippen molar-refractivity contribution in [1.82, 2.24) is 4.90 Å². The first-order chi connectivity index (χ1) is 6.04. The van der Waals surface area contributed by atoms with Crippen LogP contribution in [0.4, 0.5) is 0 Å². The molecule has 0 aliphatic carbocycles. The average Bonchev–Trinajstić information content (AvgIpc) is 2.11. The third-order valence-corrected chi connectivity index (χ3v) is 2.37. The largest absolute Gasteiger partial charge is 0.343 e. The van der Waals surface area contributed by atoms with Crippen molar-refractivity contribution in [2.75, 3.05) is 13.1 Å². The van der Waals surface area contributed by atoms with E-state index in [4.69, 9.17) is 5.73 Å². The third kappa shape index (κ3) is 3.77. The number of rotatable bonds is 5. The summed E-state index contributed by atoms with van der Waals surface area (Å²) in [6.45, 7) is 9.47. The van der Waals surface area contributed by atoms with Gasteiger partial charge in [0.15, 0.2) is 0 Å². The minimum atomic E-state index is -0.0634. The van der Waals surface area contributed by atoms with Gasteiger partial charge in [0.1, 0.15) is 0 Å². The molecule has 2 N–H and O–H groups in total. The van der Waals surface area contributed by atoms with E-state index >= 15 is 0 Å². The Bertz CT molecular complexity index is 157. The van der Waals surface area contributed by atoms with Gasteiger partial charge in [-0.1, -0.05) is 13.8 Å². The van der Waals surface area contributed by atoms with E-state index in [9.17, 15) is 4.79 Å². The van der Waals surface area contributed by atoms with Crippen molar-refractivity contribution in [2.45, 2.75) is 40.2 Å². The van der Waals surface area contributed by atoms with E-state index in [2.05, 4.69) is 6.92 Å². The Hall–Kier alpha value is -0.570. The molecule has 1 amide bonds. The molecule has 0 aliphatic heterocycles. The van der Waals surface area contributed by atoms with Crippen LogP contribution in [-0.2, 0) is 4.79 Å². The van der Waals surface area contributed by atoms with Crippen LogP contribution < -0.4 is 5.73 Å². The van der Waals surface area contributed by atoms with Gasteiger partial charge in [-0.3, -0.25) is 4.79 Å². The molecule has 3 heteroatoms. The fraction of sp³-hybridized carbons (Fsp3) is 0.900. The molecule has 2 unspecified atom stereocenters. The van der Waals surface area contributed by atoms with Gasteiger partial charge in [-0.15, -0.1) is 0 Å². The van der Waals surface area contributed by atoms with Crippen LogP contribution in [0.25, 0.3) is 0 Å². The summed E-state index contributed by atoms with van der Waals surface area (Å²) < 4.78 is 0. The Balaban J connectivity index is 4.19. The Morgan fingerprint density at radius 2 is 1.92 bits per heavy atom. The topological polar surface area (TPSA) is 46.3 Å². The number of nitrogens with zero attached hydrogens (tertiary/aromatic N) is 1. The summed E-state index contributed by atoms with van der Waals surface area (Å²) in [4.78, 5) is 13.6. The van der Waals surface area contributed by atoms with E-state index < -0.39 is 0 Å². The second-order valence-electron chi connectivity index (χ2n) is 3.57. The van der Waals surface area contributed by atoms with Crippen molar-refractivity contribution in [3.05, 3.63) is 0 Å². The molecule has 3 nitrogen and oxygen atoms in total. The van der Waals surface area contributed by atoms with Gasteiger partial charge in [-0.25, -0.2) is 0 Å². The molecule has 0 saturated carbocycles. The predicted molar refractivity (Wildman–Crippen MR) is 55.4 cm³/mol. The molecule has 0 rings (SSSR count). The van der Waals surface area contributed by atoms with Gasteiger partial charge in [0.25, 0.3) is 0 Å². The summed E-state index contributed by atoms with van der Waals surface area (Å²) in [5.74, 6) is 0.117. The first-order valence-electron chi connectivity index (χ1n) is 5.08. The highest BCUT2D eigenvalue weighted by atomic mass is 16.2. The van der Waals surface area contributed by atoms with Crippen molar-refractivity contribution in [3.63, 3.8) is 0 Å². The van der Waals surface area contributed by atoms with E-state index in [1.54, 1.807) is 0 Å². The molecule has 0 aromatic carbocycles. The number of carbonyl (C=O) groups excluding carboxylic acids is 1. The summed E-state index contributed by atoms with van der Waals surface area (Å²) in [6, 6.07) is -0.0570. The lowest BCUT2D eigenvalue weighted by molar-refractivity contribution is -0.135. The average molecular weight is 186 g/mol. The summed E-state index contributed by atoms with van der Waals surface area (Å²) in [5, 5.41) is 0. The first-order valence-corrected chi connectivity index (χ1v) is 5.08. The Labute approximate surface area is 81.3 Å². The molecule has 13 heavy (non-hydrogen) atoms. The van der Waals surface area contributed by atoms with Gasteiger partial charge in [0.2, 0.25) is 5.91 Å². The Morgan fingerprint density at radius 3 is 2.23 bits per heavy atom. The fourth-order valence-electron chi connectivity index (χ4n) is 1.21. The molecule has 0 heterocycles. The highest BCUT2D eigenvalue weighted by molar-refractivity contribution is 5.79. The fourth-order valence-corrected chi connectivity index (χ4v) is 1.21. The normalized spacial score (nSPS) is 15.2. The van der Waals surface area contributed by atoms with Crippen LogP contribution in [-0.4, -0.2) is 29.9 Å². The quantitative estimate of drug-likeness (QED) is 0.702. The van der Waals surface area contributed by atoms with Crippen LogP contribution in [0.3, 0.4) is 0 Å². The highest BCUT2D eigenvalue weighted by Crippen LogP contribution is 2.06. The molecule has 0 aliphatic rings. The van der Waals surface area contributed by atoms with E-state index in [-0.39, 0.29) is 17.9 Å². The van der Waals surface area contributed by atoms with Gasteiger partial charge in [0, 0.05) is 19.1 Å². The van der Waals surface area contributed by atoms with Crippen LogP contribution in [0.15, 0.2) is 0 Å². The van der Waals surface area contributed by atoms with Gasteiger partial charge in [-0.05, 0) is 20.3 Å². The number of carbonyl (C=O) groups is 1. The number of nitrogens with two attached hydrogens (primary N) is 1. The van der Waals surface area contributed by atoms with E-state index in [0.29, 0.717) is 0 Å². The molecule has 0 bridgehead atoms. The van der Waals surface area contributed by atoms with Crippen LogP contribution in [0.2, 0.25) is 0 Å². The second-order valence-corrected chi connectivity index (χ2v) is 3.57. The molecule has 0 radical (unpaired) electrons. The van der Waals surface area contributed by atoms with Crippen LogP contribution >= 0.6 is 0 Å². The van der Waals surface area contributed by atoms with Crippen LogP contribution in [0, 0.1) is 5.92 Å². The summed E-state index contributed by atoms with van der Waals surface area (Å²) in [6.07, 6.45) is 1.01. The van der Waals surface area contributed by atoms with Gasteiger partial charge in [-0.2, -0.15) is 0 Å². The summed E-state index contributed by atoms with van der Waals surface area (Å²) >= 11 is 0. The summed E-state index contributed by atoms with van der Waals surface area (Å²) in [5.41, 5.74) is 5.68. The van der Waals surface area contributed by atoms with Crippen molar-refractivity contribution in [2.24, 2.45) is 11.7 Å². The van der Waals surface area contributed by atoms with Crippen molar-refractivity contribution < 1.29 is 4.79 Å². The molecule has 0 saturated heterocycles. The maximum absolute atomic E-state index is 11.8. The maximum atomic E-state index is 11.8. The number of hydrogen-bond acceptors (Lipinski definition) is 2. The van der Waals surface area contributed by atoms with Gasteiger partial charge in [0.05, 0.1) is 5.92 Å². The van der Waals surface area contributed by atoms with Gasteiger partial charge >= 0.3 is 0 Å². The lowest BCUT2D eigenvalue weighted by Gasteiger charge is -2.25. The smallest absolute Gasteiger partial charge is 0.226 e. The summed E-state index contributed by atoms with van der Waals surface area (Å²) in [7, 11) is 0. The Morgan fingerprint density at radius 1 is 1.38 bits per heavy atom. The zero-order valence-electron chi connectivity index (χ0n) is 9.21. The molecular weight excluding hydrogens is 164 g/mol. The third-order valence-electron chi connectivity index (χ3n) is 2.37. The molecule has 78 valence electrons. The van der Waals surface area contributed by atoms with Crippen molar-refractivity contribution in [3.8, 4) is 0 Å². The minimum Gasteiger partial charge on any atom is -0.343 e. The van der Waals surface area contributed by atoms with E-state index in [1.165, 1.54) is 0 Å². The van der Waals surface area contributed by atoms with Crippen molar-refractivity contribution >= 4 is 5.91 Å². The van der Waals surface area contributed by atoms with Crippen LogP contribution in [0.5, 0.6) is 0 Å². The molecule has 2 atom stereocenters. The zero-order valence-corrected chi connectivity index (χ0v) is 9.21. The van der Waals surface area contributed by atoms with Gasteiger partial charge < -0.3 is 10.6 Å². The predicted octanol–water partition coefficient (Wildman–Crippen LogP) is 1.23. The Kier molecular flexibility index (Phi) is 5.71. The van der Waals surface area contributed by atoms with Crippen molar-refractivity contribution in [1.29, 1.82) is 0 Å². The molecule has 0 spiro atoms. The maximum Gasteiger partial charge on any atom is 0.226 e. The molecule has 0 aromatic heterocycles. The highest BCUT2D eigenvalue weighted by Gasteiger charge is 2.21. The first kappa shape index (κ1) is 12.4. The van der Waals surface area contributed by atoms with E-state index in [1.807, 2.05) is 25.7 Å². The molecule has 0 fully saturated rings. The number of hydrogen-bond donors (Lipinski definition) is 1. The van der Waals surface area contributed by atoms with Crippen LogP contribution in [0.1, 0.15) is 34.1 Å². The minimum absolute atomic E-state index is 0.0570. The second kappa shape index (κ2) is 5.97. The van der Waals surface area contributed by atoms with E-state index in [0.717, 1.165) is 19.5 Å².